The van der Waals surface area contributed by atoms with E-state index in [2.05, 4.69) is 15.3 Å². The Morgan fingerprint density at radius 2 is 2.24 bits per heavy atom. The van der Waals surface area contributed by atoms with E-state index in [0.717, 1.165) is 25.1 Å². The van der Waals surface area contributed by atoms with Gasteiger partial charge in [-0.1, -0.05) is 10.3 Å². The number of rotatable bonds is 3. The molecule has 7 heteroatoms. The van der Waals surface area contributed by atoms with Crippen LogP contribution in [0.3, 0.4) is 0 Å². The predicted molar refractivity (Wildman–Crippen MR) is 72.5 cm³/mol. The van der Waals surface area contributed by atoms with Crippen molar-refractivity contribution in [2.75, 3.05) is 13.1 Å². The molecule has 112 valence electrons. The Balaban J connectivity index is 1.64. The van der Waals surface area contributed by atoms with Gasteiger partial charge in [0.1, 0.15) is 5.76 Å². The molecule has 1 saturated heterocycles. The SMILES string of the molecule is Cc1cc(CC(=O)N2CCC[C@H](c3noc(C)n3)C2)on1. The van der Waals surface area contributed by atoms with Crippen LogP contribution in [0.1, 0.15) is 41.9 Å². The number of carbonyl (C=O) groups is 1. The van der Waals surface area contributed by atoms with E-state index in [-0.39, 0.29) is 18.2 Å². The Hall–Kier alpha value is -2.18. The number of piperidine rings is 1. The van der Waals surface area contributed by atoms with Gasteiger partial charge < -0.3 is 13.9 Å². The molecule has 0 spiro atoms. The second kappa shape index (κ2) is 5.67. The monoisotopic (exact) mass is 290 g/mol. The molecular formula is C14H18N4O3. The van der Waals surface area contributed by atoms with Gasteiger partial charge in [0.15, 0.2) is 5.82 Å². The van der Waals surface area contributed by atoms with Gasteiger partial charge in [-0.3, -0.25) is 4.79 Å². The third kappa shape index (κ3) is 3.12. The molecule has 1 aliphatic rings. The molecule has 0 aromatic carbocycles. The fourth-order valence-corrected chi connectivity index (χ4v) is 2.66. The maximum Gasteiger partial charge on any atom is 0.230 e. The summed E-state index contributed by atoms with van der Waals surface area (Å²) in [5, 5.41) is 7.77. The first-order valence-corrected chi connectivity index (χ1v) is 7.12. The van der Waals surface area contributed by atoms with Gasteiger partial charge in [0.25, 0.3) is 0 Å². The van der Waals surface area contributed by atoms with Gasteiger partial charge in [-0.2, -0.15) is 4.98 Å². The molecule has 1 atom stereocenters. The fraction of sp³-hybridized carbons (Fsp3) is 0.571. The van der Waals surface area contributed by atoms with E-state index in [1.165, 1.54) is 0 Å². The molecule has 1 fully saturated rings. The summed E-state index contributed by atoms with van der Waals surface area (Å²) in [5.41, 5.74) is 0.789. The predicted octanol–water partition coefficient (Wildman–Crippen LogP) is 1.62. The van der Waals surface area contributed by atoms with Crippen LogP contribution in [0.2, 0.25) is 0 Å². The lowest BCUT2D eigenvalue weighted by Crippen LogP contribution is -2.40. The number of hydrogen-bond donors (Lipinski definition) is 0. The van der Waals surface area contributed by atoms with E-state index < -0.39 is 0 Å². The summed E-state index contributed by atoms with van der Waals surface area (Å²) in [4.78, 5) is 18.4. The van der Waals surface area contributed by atoms with E-state index in [9.17, 15) is 4.79 Å². The van der Waals surface area contributed by atoms with Crippen molar-refractivity contribution >= 4 is 5.91 Å². The standard InChI is InChI=1S/C14H18N4O3/c1-9-6-12(21-16-9)7-13(19)18-5-3-4-11(8-18)14-15-10(2)20-17-14/h6,11H,3-5,7-8H2,1-2H3/t11-/m0/s1. The largest absolute Gasteiger partial charge is 0.361 e. The molecule has 2 aromatic rings. The average Bonchev–Trinajstić information content (AvgIpc) is 3.08. The quantitative estimate of drug-likeness (QED) is 0.854. The van der Waals surface area contributed by atoms with Crippen LogP contribution in [0, 0.1) is 13.8 Å². The van der Waals surface area contributed by atoms with Gasteiger partial charge in [-0.15, -0.1) is 0 Å². The van der Waals surface area contributed by atoms with Crippen LogP contribution < -0.4 is 0 Å². The zero-order chi connectivity index (χ0) is 14.8. The molecule has 21 heavy (non-hydrogen) atoms. The van der Waals surface area contributed by atoms with E-state index in [0.29, 0.717) is 24.0 Å². The Bertz CT molecular complexity index is 634. The second-order valence-electron chi connectivity index (χ2n) is 5.46. The van der Waals surface area contributed by atoms with Gasteiger partial charge in [-0.05, 0) is 19.8 Å². The summed E-state index contributed by atoms with van der Waals surface area (Å²) in [7, 11) is 0. The lowest BCUT2D eigenvalue weighted by molar-refractivity contribution is -0.132. The number of aromatic nitrogens is 3. The molecule has 0 unspecified atom stereocenters. The number of amides is 1. The first-order chi connectivity index (χ1) is 10.1. The van der Waals surface area contributed by atoms with Crippen LogP contribution in [0.4, 0.5) is 0 Å². The summed E-state index contributed by atoms with van der Waals surface area (Å²) in [6, 6.07) is 1.79. The van der Waals surface area contributed by atoms with Crippen LogP contribution in [-0.2, 0) is 11.2 Å². The van der Waals surface area contributed by atoms with Crippen LogP contribution >= 0.6 is 0 Å². The van der Waals surface area contributed by atoms with Crippen molar-refractivity contribution in [3.05, 3.63) is 29.2 Å². The van der Waals surface area contributed by atoms with Gasteiger partial charge in [0.05, 0.1) is 12.1 Å². The Morgan fingerprint density at radius 3 is 2.90 bits per heavy atom. The Kier molecular flexibility index (Phi) is 3.72. The lowest BCUT2D eigenvalue weighted by atomic mass is 9.97. The van der Waals surface area contributed by atoms with E-state index in [1.54, 1.807) is 13.0 Å². The first-order valence-electron chi connectivity index (χ1n) is 7.12. The number of carbonyl (C=O) groups excluding carboxylic acids is 1. The highest BCUT2D eigenvalue weighted by atomic mass is 16.5. The third-order valence-corrected chi connectivity index (χ3v) is 3.68. The molecule has 3 rings (SSSR count). The first kappa shape index (κ1) is 13.8. The maximum absolute atomic E-state index is 12.3. The minimum atomic E-state index is 0.0519. The van der Waals surface area contributed by atoms with Crippen LogP contribution in [0.25, 0.3) is 0 Å². The maximum atomic E-state index is 12.3. The minimum Gasteiger partial charge on any atom is -0.361 e. The molecule has 3 heterocycles. The van der Waals surface area contributed by atoms with Crippen molar-refractivity contribution in [3.63, 3.8) is 0 Å². The van der Waals surface area contributed by atoms with Crippen molar-refractivity contribution in [1.29, 1.82) is 0 Å². The van der Waals surface area contributed by atoms with Gasteiger partial charge >= 0.3 is 0 Å². The molecule has 1 aliphatic heterocycles. The topological polar surface area (TPSA) is 85.3 Å². The van der Waals surface area contributed by atoms with Gasteiger partial charge in [-0.25, -0.2) is 0 Å². The number of likely N-dealkylation sites (tertiary alicyclic amines) is 1. The normalized spacial score (nSPS) is 19.0. The average molecular weight is 290 g/mol. The van der Waals surface area contributed by atoms with Crippen LogP contribution in [0.15, 0.2) is 15.1 Å². The number of hydrogen-bond acceptors (Lipinski definition) is 6. The zero-order valence-corrected chi connectivity index (χ0v) is 12.2. The molecule has 0 bridgehead atoms. The lowest BCUT2D eigenvalue weighted by Gasteiger charge is -2.31. The summed E-state index contributed by atoms with van der Waals surface area (Å²) >= 11 is 0. The fourth-order valence-electron chi connectivity index (χ4n) is 2.66. The Labute approximate surface area is 122 Å². The van der Waals surface area contributed by atoms with E-state index in [1.807, 2.05) is 11.8 Å². The van der Waals surface area contributed by atoms with Crippen molar-refractivity contribution in [2.24, 2.45) is 0 Å². The second-order valence-corrected chi connectivity index (χ2v) is 5.46. The zero-order valence-electron chi connectivity index (χ0n) is 12.2. The molecular weight excluding hydrogens is 272 g/mol. The van der Waals surface area contributed by atoms with Crippen LogP contribution in [-0.4, -0.2) is 39.2 Å². The molecule has 1 amide bonds. The molecule has 0 saturated carbocycles. The molecule has 7 nitrogen and oxygen atoms in total. The molecule has 0 radical (unpaired) electrons. The van der Waals surface area contributed by atoms with Crippen molar-refractivity contribution in [1.82, 2.24) is 20.2 Å². The molecule has 2 aromatic heterocycles. The highest BCUT2D eigenvalue weighted by Gasteiger charge is 2.28. The molecule has 0 aliphatic carbocycles. The number of nitrogens with zero attached hydrogens (tertiary/aromatic N) is 4. The van der Waals surface area contributed by atoms with Crippen molar-refractivity contribution in [3.8, 4) is 0 Å². The van der Waals surface area contributed by atoms with Gasteiger partial charge in [0.2, 0.25) is 11.8 Å². The summed E-state index contributed by atoms with van der Waals surface area (Å²) < 4.78 is 10.1. The highest BCUT2D eigenvalue weighted by molar-refractivity contribution is 5.78. The van der Waals surface area contributed by atoms with E-state index >= 15 is 0 Å². The van der Waals surface area contributed by atoms with Crippen molar-refractivity contribution < 1.29 is 13.8 Å². The summed E-state index contributed by atoms with van der Waals surface area (Å²) in [6.45, 7) is 5.01. The summed E-state index contributed by atoms with van der Waals surface area (Å²) in [5.74, 6) is 2.06. The van der Waals surface area contributed by atoms with Gasteiger partial charge in [0, 0.05) is 32.0 Å². The van der Waals surface area contributed by atoms with Crippen LogP contribution in [0.5, 0.6) is 0 Å². The molecule has 0 N–H and O–H groups in total. The third-order valence-electron chi connectivity index (χ3n) is 3.68. The highest BCUT2D eigenvalue weighted by Crippen LogP contribution is 2.25. The Morgan fingerprint density at radius 1 is 1.38 bits per heavy atom. The minimum absolute atomic E-state index is 0.0519. The number of aryl methyl sites for hydroxylation is 2. The summed E-state index contributed by atoms with van der Waals surface area (Å²) in [6.07, 6.45) is 2.17. The van der Waals surface area contributed by atoms with E-state index in [4.69, 9.17) is 9.05 Å². The van der Waals surface area contributed by atoms with Crippen molar-refractivity contribution in [2.45, 2.75) is 39.0 Å². The smallest absolute Gasteiger partial charge is 0.230 e.